The van der Waals surface area contributed by atoms with Gasteiger partial charge in [0.05, 0.1) is 0 Å². The van der Waals surface area contributed by atoms with Gasteiger partial charge in [-0.2, -0.15) is 5.12 Å². The Labute approximate surface area is 62.2 Å². The van der Waals surface area contributed by atoms with Gasteiger partial charge in [-0.15, -0.1) is 0 Å². The summed E-state index contributed by atoms with van der Waals surface area (Å²) in [6.45, 7) is 5.15. The maximum absolute atomic E-state index is 3.22. The molecule has 0 saturated heterocycles. The molecule has 0 aromatic heterocycles. The molecule has 0 fully saturated rings. The van der Waals surface area contributed by atoms with Crippen molar-refractivity contribution in [1.82, 2.24) is 15.6 Å². The fraction of sp³-hybridized carbons (Fsp3) is 0.714. The number of nitrogens with zero attached hydrogens (tertiary/aromatic N) is 2. The molecule has 0 amide bonds. The molecule has 0 aromatic carbocycles. The SMILES string of the molecule is CCN1CC=CCNN1C. The maximum Gasteiger partial charge on any atom is 0.0327 e. The first-order chi connectivity index (χ1) is 4.84. The van der Waals surface area contributed by atoms with Gasteiger partial charge in [-0.25, -0.2) is 10.4 Å². The quantitative estimate of drug-likeness (QED) is 0.527. The second kappa shape index (κ2) is 3.71. The zero-order valence-corrected chi connectivity index (χ0v) is 6.67. The van der Waals surface area contributed by atoms with E-state index in [0.717, 1.165) is 19.6 Å². The van der Waals surface area contributed by atoms with E-state index in [-0.39, 0.29) is 0 Å². The molecule has 0 aromatic rings. The van der Waals surface area contributed by atoms with Crippen LogP contribution in [0.2, 0.25) is 0 Å². The molecular weight excluding hydrogens is 126 g/mol. The van der Waals surface area contributed by atoms with Crippen molar-refractivity contribution in [3.8, 4) is 0 Å². The maximum atomic E-state index is 3.22. The molecule has 0 saturated carbocycles. The summed E-state index contributed by atoms with van der Waals surface area (Å²) in [7, 11) is 2.04. The van der Waals surface area contributed by atoms with E-state index in [0.29, 0.717) is 0 Å². The number of hydrogen-bond acceptors (Lipinski definition) is 3. The topological polar surface area (TPSA) is 18.5 Å². The Balaban J connectivity index is 2.44. The van der Waals surface area contributed by atoms with Gasteiger partial charge in [-0.3, -0.25) is 0 Å². The van der Waals surface area contributed by atoms with Crippen molar-refractivity contribution in [3.63, 3.8) is 0 Å². The molecule has 1 aliphatic heterocycles. The summed E-state index contributed by atoms with van der Waals surface area (Å²) in [5, 5.41) is 4.27. The Hall–Kier alpha value is -0.380. The summed E-state index contributed by atoms with van der Waals surface area (Å²) in [5.74, 6) is 0. The molecule has 10 heavy (non-hydrogen) atoms. The van der Waals surface area contributed by atoms with Crippen molar-refractivity contribution >= 4 is 0 Å². The molecule has 0 unspecified atom stereocenters. The third-order valence-electron chi connectivity index (χ3n) is 1.71. The Morgan fingerprint density at radius 3 is 3.00 bits per heavy atom. The van der Waals surface area contributed by atoms with Crippen LogP contribution in [-0.4, -0.2) is 36.8 Å². The molecule has 0 atom stereocenters. The van der Waals surface area contributed by atoms with Crippen LogP contribution in [0, 0.1) is 0 Å². The zero-order valence-electron chi connectivity index (χ0n) is 6.67. The molecule has 1 N–H and O–H groups in total. The van der Waals surface area contributed by atoms with E-state index in [1.165, 1.54) is 0 Å². The summed E-state index contributed by atoms with van der Waals surface area (Å²) in [6.07, 6.45) is 4.33. The highest BCUT2D eigenvalue weighted by molar-refractivity contribution is 4.87. The lowest BCUT2D eigenvalue weighted by Gasteiger charge is -2.28. The highest BCUT2D eigenvalue weighted by atomic mass is 15.8. The highest BCUT2D eigenvalue weighted by Crippen LogP contribution is 1.94. The van der Waals surface area contributed by atoms with Crippen LogP contribution in [0.4, 0.5) is 0 Å². The van der Waals surface area contributed by atoms with Gasteiger partial charge in [-0.05, 0) is 0 Å². The van der Waals surface area contributed by atoms with Crippen molar-refractivity contribution in [2.75, 3.05) is 26.7 Å². The predicted octanol–water partition coefficient (Wildman–Crippen LogP) is 0.230. The average Bonchev–Trinajstić information content (AvgIpc) is 2.13. The lowest BCUT2D eigenvalue weighted by atomic mass is 10.5. The number of hydrazine groups is 2. The molecule has 58 valence electrons. The molecule has 3 heteroatoms. The van der Waals surface area contributed by atoms with E-state index in [4.69, 9.17) is 0 Å². The minimum Gasteiger partial charge on any atom is -0.238 e. The van der Waals surface area contributed by atoms with Gasteiger partial charge in [0.25, 0.3) is 0 Å². The van der Waals surface area contributed by atoms with Crippen LogP contribution < -0.4 is 5.43 Å². The van der Waals surface area contributed by atoms with Crippen molar-refractivity contribution in [1.29, 1.82) is 0 Å². The molecule has 1 aliphatic rings. The first kappa shape index (κ1) is 7.72. The Morgan fingerprint density at radius 2 is 2.30 bits per heavy atom. The molecular formula is C7H15N3. The van der Waals surface area contributed by atoms with Crippen LogP contribution in [0.5, 0.6) is 0 Å². The van der Waals surface area contributed by atoms with Crippen LogP contribution >= 0.6 is 0 Å². The number of rotatable bonds is 1. The largest absolute Gasteiger partial charge is 0.238 e. The molecule has 1 rings (SSSR count). The van der Waals surface area contributed by atoms with Crippen LogP contribution in [0.3, 0.4) is 0 Å². The summed E-state index contributed by atoms with van der Waals surface area (Å²) in [4.78, 5) is 0. The first-order valence-electron chi connectivity index (χ1n) is 3.71. The predicted molar refractivity (Wildman–Crippen MR) is 42.2 cm³/mol. The summed E-state index contributed by atoms with van der Waals surface area (Å²) in [5.41, 5.74) is 3.22. The second-order valence-corrected chi connectivity index (χ2v) is 2.36. The standard InChI is InChI=1S/C7H15N3/c1-3-10-7-5-4-6-8-9(10)2/h4-5,8H,3,6-7H2,1-2H3. The van der Waals surface area contributed by atoms with Crippen molar-refractivity contribution in [3.05, 3.63) is 12.2 Å². The van der Waals surface area contributed by atoms with Gasteiger partial charge in [0, 0.05) is 26.7 Å². The van der Waals surface area contributed by atoms with Crippen molar-refractivity contribution in [2.45, 2.75) is 6.92 Å². The molecule has 3 nitrogen and oxygen atoms in total. The number of nitrogens with one attached hydrogen (secondary N) is 1. The third-order valence-corrected chi connectivity index (χ3v) is 1.71. The molecule has 0 bridgehead atoms. The van der Waals surface area contributed by atoms with Crippen molar-refractivity contribution < 1.29 is 0 Å². The van der Waals surface area contributed by atoms with Gasteiger partial charge < -0.3 is 0 Å². The van der Waals surface area contributed by atoms with Crippen LogP contribution in [0.15, 0.2) is 12.2 Å². The van der Waals surface area contributed by atoms with Gasteiger partial charge in [-0.1, -0.05) is 19.1 Å². The van der Waals surface area contributed by atoms with Gasteiger partial charge in [0.1, 0.15) is 0 Å². The second-order valence-electron chi connectivity index (χ2n) is 2.36. The monoisotopic (exact) mass is 141 g/mol. The fourth-order valence-corrected chi connectivity index (χ4v) is 1.03. The molecule has 0 aliphatic carbocycles. The van der Waals surface area contributed by atoms with E-state index in [9.17, 15) is 0 Å². The van der Waals surface area contributed by atoms with Crippen molar-refractivity contribution in [2.24, 2.45) is 0 Å². The summed E-state index contributed by atoms with van der Waals surface area (Å²) in [6, 6.07) is 0. The number of hydrogen-bond donors (Lipinski definition) is 1. The van der Waals surface area contributed by atoms with E-state index in [1.807, 2.05) is 12.2 Å². The Kier molecular flexibility index (Phi) is 2.86. The summed E-state index contributed by atoms with van der Waals surface area (Å²) >= 11 is 0. The Morgan fingerprint density at radius 1 is 1.50 bits per heavy atom. The summed E-state index contributed by atoms with van der Waals surface area (Å²) < 4.78 is 0. The van der Waals surface area contributed by atoms with Gasteiger partial charge in [0.15, 0.2) is 0 Å². The van der Waals surface area contributed by atoms with Crippen LogP contribution in [-0.2, 0) is 0 Å². The smallest absolute Gasteiger partial charge is 0.0327 e. The third kappa shape index (κ3) is 1.80. The Bertz CT molecular complexity index is 122. The normalized spacial score (nSPS) is 23.0. The van der Waals surface area contributed by atoms with Crippen LogP contribution in [0.1, 0.15) is 6.92 Å². The zero-order chi connectivity index (χ0) is 7.40. The fourth-order valence-electron chi connectivity index (χ4n) is 1.03. The first-order valence-corrected chi connectivity index (χ1v) is 3.71. The lowest BCUT2D eigenvalue weighted by Crippen LogP contribution is -2.47. The van der Waals surface area contributed by atoms with Gasteiger partial charge >= 0.3 is 0 Å². The van der Waals surface area contributed by atoms with E-state index >= 15 is 0 Å². The lowest BCUT2D eigenvalue weighted by molar-refractivity contribution is -0.0251. The average molecular weight is 141 g/mol. The minimum atomic E-state index is 0.938. The molecule has 0 spiro atoms. The number of likely N-dealkylation sites (N-methyl/N-ethyl adjacent to an activating group) is 1. The van der Waals surface area contributed by atoms with E-state index in [1.54, 1.807) is 0 Å². The van der Waals surface area contributed by atoms with Crippen LogP contribution in [0.25, 0.3) is 0 Å². The van der Waals surface area contributed by atoms with E-state index in [2.05, 4.69) is 29.5 Å². The minimum absolute atomic E-state index is 0.938. The highest BCUT2D eigenvalue weighted by Gasteiger charge is 2.07. The van der Waals surface area contributed by atoms with E-state index < -0.39 is 0 Å². The molecule has 1 heterocycles. The van der Waals surface area contributed by atoms with Gasteiger partial charge in [0.2, 0.25) is 0 Å². The molecule has 0 radical (unpaired) electrons.